The number of rotatable bonds is 3. The lowest BCUT2D eigenvalue weighted by Crippen LogP contribution is -2.22. The summed E-state index contributed by atoms with van der Waals surface area (Å²) in [5.41, 5.74) is 0.623. The number of halogens is 1. The molecule has 100 valence electrons. The molecule has 2 aromatic rings. The number of benzene rings is 1. The molecule has 0 bridgehead atoms. The first kappa shape index (κ1) is 13.6. The minimum absolute atomic E-state index is 0.184. The van der Waals surface area contributed by atoms with Crippen molar-refractivity contribution in [3.05, 3.63) is 42.5 Å². The Balaban J connectivity index is 2.36. The van der Waals surface area contributed by atoms with E-state index >= 15 is 0 Å². The largest absolute Gasteiger partial charge is 0.242 e. The highest BCUT2D eigenvalue weighted by atomic mass is 32.2. The topological polar surface area (TPSA) is 63.2 Å². The normalized spacial score (nSPS) is 11.8. The molecule has 0 amide bonds. The van der Waals surface area contributed by atoms with Gasteiger partial charge in [-0.15, -0.1) is 0 Å². The van der Waals surface area contributed by atoms with E-state index in [4.69, 9.17) is 0 Å². The van der Waals surface area contributed by atoms with E-state index in [9.17, 15) is 12.8 Å². The molecular weight excluding hydrogens is 269 g/mol. The summed E-state index contributed by atoms with van der Waals surface area (Å²) >= 11 is 0. The molecule has 0 aliphatic carbocycles. The van der Waals surface area contributed by atoms with E-state index in [0.29, 0.717) is 11.4 Å². The Morgan fingerprint density at radius 2 is 1.58 bits per heavy atom. The summed E-state index contributed by atoms with van der Waals surface area (Å²) < 4.78 is 37.6. The van der Waals surface area contributed by atoms with Gasteiger partial charge < -0.3 is 0 Å². The summed E-state index contributed by atoms with van der Waals surface area (Å²) in [4.78, 5) is 7.84. The lowest BCUT2D eigenvalue weighted by atomic mass is 10.2. The van der Waals surface area contributed by atoms with Crippen molar-refractivity contribution < 1.29 is 12.8 Å². The summed E-state index contributed by atoms with van der Waals surface area (Å²) in [7, 11) is -0.521. The molecule has 2 rings (SSSR count). The number of aromatic nitrogens is 2. The second-order valence-corrected chi connectivity index (χ2v) is 6.19. The van der Waals surface area contributed by atoms with Crippen LogP contribution in [-0.2, 0) is 10.0 Å². The molecule has 1 aromatic carbocycles. The third kappa shape index (κ3) is 2.77. The van der Waals surface area contributed by atoms with Gasteiger partial charge in [0.05, 0.1) is 17.3 Å². The maximum atomic E-state index is 12.7. The van der Waals surface area contributed by atoms with Crippen molar-refractivity contribution in [1.82, 2.24) is 14.3 Å². The first-order valence-corrected chi connectivity index (χ1v) is 6.86. The fourth-order valence-electron chi connectivity index (χ4n) is 1.45. The van der Waals surface area contributed by atoms with Crippen LogP contribution in [0.25, 0.3) is 11.4 Å². The molecule has 0 saturated heterocycles. The van der Waals surface area contributed by atoms with Gasteiger partial charge in [-0.1, -0.05) is 0 Å². The van der Waals surface area contributed by atoms with Crippen LogP contribution in [-0.4, -0.2) is 36.8 Å². The van der Waals surface area contributed by atoms with Crippen LogP contribution in [0.5, 0.6) is 0 Å². The van der Waals surface area contributed by atoms with Crippen LogP contribution in [0.15, 0.2) is 41.6 Å². The Kier molecular flexibility index (Phi) is 3.59. The lowest BCUT2D eigenvalue weighted by molar-refractivity contribution is 0.521. The van der Waals surface area contributed by atoms with E-state index < -0.39 is 15.8 Å². The van der Waals surface area contributed by atoms with E-state index in [2.05, 4.69) is 9.97 Å². The van der Waals surface area contributed by atoms with E-state index in [0.717, 1.165) is 16.7 Å². The minimum Gasteiger partial charge on any atom is -0.233 e. The molecule has 7 heteroatoms. The van der Waals surface area contributed by atoms with Gasteiger partial charge in [-0.3, -0.25) is 0 Å². The van der Waals surface area contributed by atoms with Crippen molar-refractivity contribution >= 4 is 10.0 Å². The number of hydrogen-bond donors (Lipinski definition) is 0. The quantitative estimate of drug-likeness (QED) is 0.856. The lowest BCUT2D eigenvalue weighted by Gasteiger charge is -2.11. The van der Waals surface area contributed by atoms with Crippen molar-refractivity contribution in [3.63, 3.8) is 0 Å². The maximum Gasteiger partial charge on any atom is 0.242 e. The Morgan fingerprint density at radius 3 is 2.05 bits per heavy atom. The Hall–Kier alpha value is -1.86. The van der Waals surface area contributed by atoms with Crippen LogP contribution < -0.4 is 0 Å². The molecule has 5 nitrogen and oxygen atoms in total. The van der Waals surface area contributed by atoms with E-state index in [-0.39, 0.29) is 4.90 Å². The van der Waals surface area contributed by atoms with Crippen LogP contribution in [0.4, 0.5) is 4.39 Å². The molecule has 1 heterocycles. The van der Waals surface area contributed by atoms with Gasteiger partial charge in [0, 0.05) is 19.7 Å². The van der Waals surface area contributed by atoms with Crippen LogP contribution in [0.2, 0.25) is 0 Å². The van der Waals surface area contributed by atoms with Crippen molar-refractivity contribution in [2.45, 2.75) is 4.90 Å². The molecule has 0 fully saturated rings. The van der Waals surface area contributed by atoms with Crippen molar-refractivity contribution in [3.8, 4) is 11.4 Å². The van der Waals surface area contributed by atoms with Gasteiger partial charge in [0.15, 0.2) is 11.6 Å². The van der Waals surface area contributed by atoms with E-state index in [1.165, 1.54) is 26.2 Å². The zero-order chi connectivity index (χ0) is 14.0. The molecule has 0 saturated carbocycles. The third-order valence-electron chi connectivity index (χ3n) is 2.51. The highest BCUT2D eigenvalue weighted by molar-refractivity contribution is 7.89. The first-order valence-electron chi connectivity index (χ1n) is 5.42. The molecule has 0 unspecified atom stereocenters. The Labute approximate surface area is 110 Å². The average Bonchev–Trinajstić information content (AvgIpc) is 2.39. The standard InChI is InChI=1S/C12H12FN3O2S/c1-16(2)19(17,18)11-5-3-9(4-6-11)12-14-7-10(13)8-15-12/h3-8H,1-2H3. The molecule has 0 radical (unpaired) electrons. The summed E-state index contributed by atoms with van der Waals surface area (Å²) in [5.74, 6) is -0.175. The highest BCUT2D eigenvalue weighted by Gasteiger charge is 2.16. The van der Waals surface area contributed by atoms with Gasteiger partial charge in [-0.2, -0.15) is 0 Å². The van der Waals surface area contributed by atoms with Gasteiger partial charge in [0.2, 0.25) is 10.0 Å². The minimum atomic E-state index is -3.45. The third-order valence-corrected chi connectivity index (χ3v) is 4.34. The second kappa shape index (κ2) is 5.02. The second-order valence-electron chi connectivity index (χ2n) is 4.04. The number of hydrogen-bond acceptors (Lipinski definition) is 4. The molecule has 0 atom stereocenters. The highest BCUT2D eigenvalue weighted by Crippen LogP contribution is 2.19. The fourth-order valence-corrected chi connectivity index (χ4v) is 2.35. The molecule has 0 spiro atoms. The van der Waals surface area contributed by atoms with E-state index in [1.807, 2.05) is 0 Å². The molecule has 19 heavy (non-hydrogen) atoms. The molecule has 0 aliphatic heterocycles. The molecule has 1 aromatic heterocycles. The monoisotopic (exact) mass is 281 g/mol. The first-order chi connectivity index (χ1) is 8.91. The Bertz CT molecular complexity index is 667. The van der Waals surface area contributed by atoms with Crippen LogP contribution in [0.3, 0.4) is 0 Å². The summed E-state index contributed by atoms with van der Waals surface area (Å²) in [6, 6.07) is 6.11. The molecular formula is C12H12FN3O2S. The van der Waals surface area contributed by atoms with Gasteiger partial charge in [0.1, 0.15) is 0 Å². The van der Waals surface area contributed by atoms with Gasteiger partial charge >= 0.3 is 0 Å². The van der Waals surface area contributed by atoms with Crippen molar-refractivity contribution in [2.75, 3.05) is 14.1 Å². The summed E-state index contributed by atoms with van der Waals surface area (Å²) in [6.45, 7) is 0. The van der Waals surface area contributed by atoms with Crippen LogP contribution >= 0.6 is 0 Å². The van der Waals surface area contributed by atoms with Gasteiger partial charge in [-0.25, -0.2) is 27.1 Å². The predicted molar refractivity (Wildman–Crippen MR) is 68.3 cm³/mol. The van der Waals surface area contributed by atoms with Crippen molar-refractivity contribution in [2.24, 2.45) is 0 Å². The zero-order valence-corrected chi connectivity index (χ0v) is 11.2. The average molecular weight is 281 g/mol. The number of nitrogens with zero attached hydrogens (tertiary/aromatic N) is 3. The molecule has 0 N–H and O–H groups in total. The van der Waals surface area contributed by atoms with Gasteiger partial charge in [-0.05, 0) is 24.3 Å². The smallest absolute Gasteiger partial charge is 0.233 e. The fraction of sp³-hybridized carbons (Fsp3) is 0.167. The van der Waals surface area contributed by atoms with Crippen molar-refractivity contribution in [1.29, 1.82) is 0 Å². The SMILES string of the molecule is CN(C)S(=O)(=O)c1ccc(-c2ncc(F)cn2)cc1. The predicted octanol–water partition coefficient (Wildman–Crippen LogP) is 1.53. The van der Waals surface area contributed by atoms with Crippen LogP contribution in [0.1, 0.15) is 0 Å². The molecule has 0 aliphatic rings. The number of sulfonamides is 1. The Morgan fingerprint density at radius 1 is 1.05 bits per heavy atom. The maximum absolute atomic E-state index is 12.7. The summed E-state index contributed by atoms with van der Waals surface area (Å²) in [5, 5.41) is 0. The van der Waals surface area contributed by atoms with Gasteiger partial charge in [0.25, 0.3) is 0 Å². The van der Waals surface area contributed by atoms with Crippen LogP contribution in [0, 0.1) is 5.82 Å². The summed E-state index contributed by atoms with van der Waals surface area (Å²) in [6.07, 6.45) is 2.12. The zero-order valence-electron chi connectivity index (χ0n) is 10.4. The van der Waals surface area contributed by atoms with E-state index in [1.54, 1.807) is 12.1 Å².